The van der Waals surface area contributed by atoms with Gasteiger partial charge >= 0.3 is 0 Å². The summed E-state index contributed by atoms with van der Waals surface area (Å²) in [5.41, 5.74) is 0.641. The summed E-state index contributed by atoms with van der Waals surface area (Å²) in [5, 5.41) is 6.70. The van der Waals surface area contributed by atoms with Gasteiger partial charge in [0.25, 0.3) is 5.91 Å². The molecule has 1 N–H and O–H groups in total. The normalized spacial score (nSPS) is 18.2. The van der Waals surface area contributed by atoms with Gasteiger partial charge in [-0.05, 0) is 24.3 Å². The van der Waals surface area contributed by atoms with Crippen LogP contribution in [0.2, 0.25) is 0 Å². The van der Waals surface area contributed by atoms with Crippen molar-refractivity contribution in [1.82, 2.24) is 5.32 Å². The van der Waals surface area contributed by atoms with Crippen molar-refractivity contribution in [2.75, 3.05) is 5.88 Å². The van der Waals surface area contributed by atoms with E-state index in [-0.39, 0.29) is 11.4 Å². The number of hydrogen-bond acceptors (Lipinski definition) is 2. The molecule has 1 aliphatic rings. The van der Waals surface area contributed by atoms with Crippen LogP contribution in [0.25, 0.3) is 0 Å². The molecular formula is C9H10ClNOS. The molecule has 1 fully saturated rings. The molecule has 1 amide bonds. The molecular weight excluding hydrogens is 206 g/mol. The van der Waals surface area contributed by atoms with Crippen LogP contribution in [0.3, 0.4) is 0 Å². The van der Waals surface area contributed by atoms with Crippen molar-refractivity contribution < 1.29 is 4.79 Å². The molecule has 0 spiro atoms. The predicted molar refractivity (Wildman–Crippen MR) is 54.5 cm³/mol. The third-order valence-electron chi connectivity index (χ3n) is 2.27. The fraction of sp³-hybridized carbons (Fsp3) is 0.444. The summed E-state index contributed by atoms with van der Waals surface area (Å²) in [6, 6.07) is 1.82. The molecule has 0 bridgehead atoms. The van der Waals surface area contributed by atoms with Crippen molar-refractivity contribution in [3.05, 3.63) is 22.4 Å². The number of halogens is 1. The zero-order valence-corrected chi connectivity index (χ0v) is 8.62. The lowest BCUT2D eigenvalue weighted by Crippen LogP contribution is -2.37. The van der Waals surface area contributed by atoms with E-state index in [1.54, 1.807) is 0 Å². The minimum absolute atomic E-state index is 0.000556. The van der Waals surface area contributed by atoms with Gasteiger partial charge in [0.2, 0.25) is 0 Å². The van der Waals surface area contributed by atoms with Crippen molar-refractivity contribution in [3.63, 3.8) is 0 Å². The summed E-state index contributed by atoms with van der Waals surface area (Å²) in [5.74, 6) is 0.516. The number of rotatable bonds is 3. The van der Waals surface area contributed by atoms with Gasteiger partial charge < -0.3 is 5.32 Å². The lowest BCUT2D eigenvalue weighted by atomic mass is 10.2. The fourth-order valence-electron chi connectivity index (χ4n) is 1.15. The van der Waals surface area contributed by atoms with Crippen LogP contribution in [0.4, 0.5) is 0 Å². The topological polar surface area (TPSA) is 29.1 Å². The monoisotopic (exact) mass is 215 g/mol. The van der Waals surface area contributed by atoms with E-state index in [1.807, 2.05) is 16.8 Å². The first kappa shape index (κ1) is 9.03. The predicted octanol–water partition coefficient (Wildman–Crippen LogP) is 2.25. The number of carbonyl (C=O) groups excluding carboxylic acids is 1. The average Bonchev–Trinajstić information content (AvgIpc) is 2.69. The molecule has 1 heterocycles. The molecule has 70 valence electrons. The van der Waals surface area contributed by atoms with E-state index in [1.165, 1.54) is 11.3 Å². The SMILES string of the molecule is O=C(NC1(CCl)CC1)c1ccsc1. The molecule has 0 radical (unpaired) electrons. The van der Waals surface area contributed by atoms with Crippen molar-refractivity contribution in [2.45, 2.75) is 18.4 Å². The van der Waals surface area contributed by atoms with E-state index in [9.17, 15) is 4.79 Å². The number of nitrogens with one attached hydrogen (secondary N) is 1. The number of amides is 1. The van der Waals surface area contributed by atoms with Crippen molar-refractivity contribution in [3.8, 4) is 0 Å². The molecule has 0 unspecified atom stereocenters. The van der Waals surface area contributed by atoms with E-state index in [0.717, 1.165) is 18.4 Å². The van der Waals surface area contributed by atoms with Gasteiger partial charge in [0.15, 0.2) is 0 Å². The Morgan fingerprint density at radius 3 is 2.92 bits per heavy atom. The molecule has 1 aliphatic carbocycles. The summed E-state index contributed by atoms with van der Waals surface area (Å²) < 4.78 is 0. The van der Waals surface area contributed by atoms with Gasteiger partial charge in [-0.3, -0.25) is 4.79 Å². The summed E-state index contributed by atoms with van der Waals surface area (Å²) in [6.07, 6.45) is 2.01. The minimum Gasteiger partial charge on any atom is -0.345 e. The van der Waals surface area contributed by atoms with Gasteiger partial charge in [-0.25, -0.2) is 0 Å². The van der Waals surface area contributed by atoms with E-state index in [2.05, 4.69) is 5.32 Å². The second-order valence-electron chi connectivity index (χ2n) is 3.38. The lowest BCUT2D eigenvalue weighted by molar-refractivity contribution is 0.0936. The smallest absolute Gasteiger partial charge is 0.252 e. The molecule has 2 nitrogen and oxygen atoms in total. The van der Waals surface area contributed by atoms with E-state index < -0.39 is 0 Å². The highest BCUT2D eigenvalue weighted by Gasteiger charge is 2.43. The Kier molecular flexibility index (Phi) is 2.30. The molecule has 1 saturated carbocycles. The van der Waals surface area contributed by atoms with E-state index in [4.69, 9.17) is 11.6 Å². The standard InChI is InChI=1S/C9H10ClNOS/c10-6-9(2-3-9)11-8(12)7-1-4-13-5-7/h1,4-5H,2-3,6H2,(H,11,12). The van der Waals surface area contributed by atoms with E-state index >= 15 is 0 Å². The lowest BCUT2D eigenvalue weighted by Gasteiger charge is -2.12. The molecule has 0 atom stereocenters. The maximum atomic E-state index is 11.6. The summed E-state index contributed by atoms with van der Waals surface area (Å²) in [7, 11) is 0. The molecule has 0 aromatic carbocycles. The number of hydrogen-bond donors (Lipinski definition) is 1. The van der Waals surface area contributed by atoms with Gasteiger partial charge in [0.1, 0.15) is 0 Å². The highest BCUT2D eigenvalue weighted by Crippen LogP contribution is 2.36. The van der Waals surface area contributed by atoms with Crippen LogP contribution in [-0.4, -0.2) is 17.3 Å². The van der Waals surface area contributed by atoms with E-state index in [0.29, 0.717) is 5.88 Å². The van der Waals surface area contributed by atoms with Crippen LogP contribution in [-0.2, 0) is 0 Å². The Balaban J connectivity index is 2.00. The molecule has 0 saturated heterocycles. The second-order valence-corrected chi connectivity index (χ2v) is 4.43. The molecule has 0 aliphatic heterocycles. The first-order valence-electron chi connectivity index (χ1n) is 4.16. The molecule has 1 aromatic heterocycles. The first-order chi connectivity index (χ1) is 6.26. The first-order valence-corrected chi connectivity index (χ1v) is 5.64. The van der Waals surface area contributed by atoms with Crippen molar-refractivity contribution in [2.24, 2.45) is 0 Å². The van der Waals surface area contributed by atoms with Crippen LogP contribution < -0.4 is 5.32 Å². The van der Waals surface area contributed by atoms with Crippen molar-refractivity contribution in [1.29, 1.82) is 0 Å². The largest absolute Gasteiger partial charge is 0.345 e. The van der Waals surface area contributed by atoms with Gasteiger partial charge in [0.05, 0.1) is 11.1 Å². The number of carbonyl (C=O) groups is 1. The molecule has 13 heavy (non-hydrogen) atoms. The van der Waals surface area contributed by atoms with Gasteiger partial charge in [-0.15, -0.1) is 11.6 Å². The molecule has 1 aromatic rings. The third kappa shape index (κ3) is 1.86. The number of alkyl halides is 1. The zero-order valence-electron chi connectivity index (χ0n) is 7.05. The summed E-state index contributed by atoms with van der Waals surface area (Å²) >= 11 is 7.28. The Morgan fingerprint density at radius 2 is 2.46 bits per heavy atom. The maximum absolute atomic E-state index is 11.6. The Morgan fingerprint density at radius 1 is 1.69 bits per heavy atom. The van der Waals surface area contributed by atoms with Gasteiger partial charge in [-0.2, -0.15) is 11.3 Å². The maximum Gasteiger partial charge on any atom is 0.252 e. The van der Waals surface area contributed by atoms with Crippen molar-refractivity contribution >= 4 is 28.8 Å². The number of thiophene rings is 1. The van der Waals surface area contributed by atoms with Crippen LogP contribution >= 0.6 is 22.9 Å². The minimum atomic E-state index is -0.0967. The third-order valence-corrected chi connectivity index (χ3v) is 3.47. The van der Waals surface area contributed by atoms with Crippen LogP contribution in [0.5, 0.6) is 0 Å². The van der Waals surface area contributed by atoms with Gasteiger partial charge in [0, 0.05) is 11.3 Å². The second kappa shape index (κ2) is 3.31. The quantitative estimate of drug-likeness (QED) is 0.770. The molecule has 2 rings (SSSR count). The van der Waals surface area contributed by atoms with Crippen LogP contribution in [0, 0.1) is 0 Å². The van der Waals surface area contributed by atoms with Gasteiger partial charge in [-0.1, -0.05) is 0 Å². The highest BCUT2D eigenvalue weighted by molar-refractivity contribution is 7.08. The Bertz CT molecular complexity index is 305. The summed E-state index contributed by atoms with van der Waals surface area (Å²) in [6.45, 7) is 0. The molecule has 4 heteroatoms. The Hall–Kier alpha value is -0.540. The average molecular weight is 216 g/mol. The van der Waals surface area contributed by atoms with Crippen LogP contribution in [0.1, 0.15) is 23.2 Å². The van der Waals surface area contributed by atoms with Crippen LogP contribution in [0.15, 0.2) is 16.8 Å². The Labute approximate surface area is 85.9 Å². The summed E-state index contributed by atoms with van der Waals surface area (Å²) in [4.78, 5) is 11.6. The highest BCUT2D eigenvalue weighted by atomic mass is 35.5. The fourth-order valence-corrected chi connectivity index (χ4v) is 2.12. The zero-order chi connectivity index (χ0) is 9.31.